The minimum Gasteiger partial charge on any atom is -0.495 e. The third-order valence-electron chi connectivity index (χ3n) is 7.46. The molecule has 5 rings (SSSR count). The van der Waals surface area contributed by atoms with Gasteiger partial charge in [-0.1, -0.05) is 12.1 Å². The zero-order valence-corrected chi connectivity index (χ0v) is 23.7. The first-order valence-electron chi connectivity index (χ1n) is 13.5. The molecule has 0 bridgehead atoms. The number of piperidine rings is 1. The van der Waals surface area contributed by atoms with E-state index in [1.807, 2.05) is 11.9 Å². The van der Waals surface area contributed by atoms with Gasteiger partial charge in [-0.05, 0) is 49.8 Å². The number of ether oxygens (including phenoxy) is 2. The molecule has 228 valence electrons. The highest BCUT2D eigenvalue weighted by atomic mass is 19.4. The molecule has 43 heavy (non-hydrogen) atoms. The van der Waals surface area contributed by atoms with Crippen molar-refractivity contribution in [3.05, 3.63) is 64.8 Å². The van der Waals surface area contributed by atoms with Gasteiger partial charge in [0.15, 0.2) is 0 Å². The Morgan fingerprint density at radius 3 is 2.67 bits per heavy atom. The second kappa shape index (κ2) is 12.0. The third-order valence-corrected chi connectivity index (χ3v) is 7.46. The molecule has 0 spiro atoms. The van der Waals surface area contributed by atoms with Crippen molar-refractivity contribution in [2.75, 3.05) is 46.2 Å². The van der Waals surface area contributed by atoms with Crippen molar-refractivity contribution in [2.45, 2.75) is 25.3 Å². The normalized spacial score (nSPS) is 18.8. The van der Waals surface area contributed by atoms with Crippen molar-refractivity contribution in [1.29, 1.82) is 0 Å². The van der Waals surface area contributed by atoms with Crippen molar-refractivity contribution in [2.24, 2.45) is 5.92 Å². The van der Waals surface area contributed by atoms with Crippen LogP contribution in [0.5, 0.6) is 17.4 Å². The van der Waals surface area contributed by atoms with Crippen LogP contribution in [0.4, 0.5) is 29.2 Å². The van der Waals surface area contributed by atoms with E-state index in [-0.39, 0.29) is 52.6 Å². The SMILES string of the molecule is COc1cc(C(=O)NCC2CCN(C)C[C@H]2F)ccc1Nc1ncc(C(F)(F)F)c(Oc2cccc3c2C(=O)N(C)C3)n1. The summed E-state index contributed by atoms with van der Waals surface area (Å²) in [6.07, 6.45) is -4.67. The second-order valence-corrected chi connectivity index (χ2v) is 10.5. The quantitative estimate of drug-likeness (QED) is 0.359. The summed E-state index contributed by atoms with van der Waals surface area (Å²) in [6.45, 7) is 1.55. The number of fused-ring (bicyclic) bond motifs is 1. The van der Waals surface area contributed by atoms with Gasteiger partial charge >= 0.3 is 6.18 Å². The van der Waals surface area contributed by atoms with E-state index in [9.17, 15) is 27.2 Å². The highest BCUT2D eigenvalue weighted by molar-refractivity contribution is 6.01. The van der Waals surface area contributed by atoms with Gasteiger partial charge in [-0.15, -0.1) is 0 Å². The van der Waals surface area contributed by atoms with Gasteiger partial charge in [0.05, 0.1) is 18.4 Å². The highest BCUT2D eigenvalue weighted by Gasteiger charge is 2.38. The van der Waals surface area contributed by atoms with E-state index in [1.54, 1.807) is 19.2 Å². The molecule has 3 aromatic rings. The molecular formula is C29H30F4N6O4. The summed E-state index contributed by atoms with van der Waals surface area (Å²) >= 11 is 0. The van der Waals surface area contributed by atoms with Crippen LogP contribution in [-0.2, 0) is 12.7 Å². The molecule has 2 amide bonds. The average molecular weight is 603 g/mol. The number of hydrogen-bond acceptors (Lipinski definition) is 8. The first-order chi connectivity index (χ1) is 20.4. The number of aromatic nitrogens is 2. The molecule has 1 aromatic heterocycles. The molecule has 2 atom stereocenters. The molecule has 2 aromatic carbocycles. The molecule has 0 aliphatic carbocycles. The van der Waals surface area contributed by atoms with E-state index in [0.29, 0.717) is 31.3 Å². The number of hydrogen-bond donors (Lipinski definition) is 2. The maximum Gasteiger partial charge on any atom is 0.423 e. The Morgan fingerprint density at radius 2 is 1.95 bits per heavy atom. The molecule has 0 radical (unpaired) electrons. The summed E-state index contributed by atoms with van der Waals surface area (Å²) in [4.78, 5) is 36.5. The van der Waals surface area contributed by atoms with Gasteiger partial charge in [0.2, 0.25) is 11.8 Å². The fourth-order valence-corrected chi connectivity index (χ4v) is 5.07. The molecule has 14 heteroatoms. The Bertz CT molecular complexity index is 1540. The van der Waals surface area contributed by atoms with Crippen LogP contribution >= 0.6 is 0 Å². The standard InChI is InChI=1S/C29H30F4N6O4/c1-38-10-9-17(20(30)15-38)12-34-25(40)16-7-8-21(23(11-16)42-3)36-28-35-13-19(29(31,32)33)26(37-28)43-22-6-4-5-18-14-39(2)27(41)24(18)22/h4-8,11,13,17,20H,9-10,12,14-15H2,1-3H3,(H,34,40)(H,35,36,37)/t17?,20-/m1/s1. The number of nitrogens with zero attached hydrogens (tertiary/aromatic N) is 4. The predicted molar refractivity (Wildman–Crippen MR) is 148 cm³/mol. The number of nitrogens with one attached hydrogen (secondary N) is 2. The lowest BCUT2D eigenvalue weighted by atomic mass is 9.95. The zero-order chi connectivity index (χ0) is 30.9. The molecular weight excluding hydrogens is 572 g/mol. The van der Waals surface area contributed by atoms with Crippen molar-refractivity contribution < 1.29 is 36.6 Å². The first-order valence-corrected chi connectivity index (χ1v) is 13.5. The monoisotopic (exact) mass is 602 g/mol. The number of benzene rings is 2. The molecule has 2 N–H and O–H groups in total. The maximum atomic E-state index is 14.3. The van der Waals surface area contributed by atoms with Crippen LogP contribution in [0.25, 0.3) is 0 Å². The van der Waals surface area contributed by atoms with Gasteiger partial charge in [0.1, 0.15) is 23.2 Å². The first kappa shape index (κ1) is 30.0. The number of methoxy groups -OCH3 is 1. The minimum absolute atomic E-state index is 0.0609. The van der Waals surface area contributed by atoms with E-state index < -0.39 is 29.7 Å². The third kappa shape index (κ3) is 6.48. The zero-order valence-electron chi connectivity index (χ0n) is 23.7. The summed E-state index contributed by atoms with van der Waals surface area (Å²) in [7, 11) is 4.79. The lowest BCUT2D eigenvalue weighted by molar-refractivity contribution is -0.139. The van der Waals surface area contributed by atoms with E-state index in [0.717, 1.165) is 6.54 Å². The van der Waals surface area contributed by atoms with Gasteiger partial charge in [0, 0.05) is 44.4 Å². The topological polar surface area (TPSA) is 109 Å². The van der Waals surface area contributed by atoms with Crippen molar-refractivity contribution in [3.63, 3.8) is 0 Å². The molecule has 2 aliphatic heterocycles. The summed E-state index contributed by atoms with van der Waals surface area (Å²) in [5.41, 5.74) is 0.0702. The summed E-state index contributed by atoms with van der Waals surface area (Å²) in [6, 6.07) is 9.10. The van der Waals surface area contributed by atoms with Crippen LogP contribution < -0.4 is 20.1 Å². The number of alkyl halides is 4. The van der Waals surface area contributed by atoms with E-state index >= 15 is 0 Å². The Morgan fingerprint density at radius 1 is 1.16 bits per heavy atom. The molecule has 10 nitrogen and oxygen atoms in total. The number of likely N-dealkylation sites (tertiary alicyclic amines) is 1. The fourth-order valence-electron chi connectivity index (χ4n) is 5.07. The Labute approximate surface area is 245 Å². The van der Waals surface area contributed by atoms with Crippen molar-refractivity contribution in [1.82, 2.24) is 25.1 Å². The van der Waals surface area contributed by atoms with Crippen LogP contribution in [-0.4, -0.2) is 78.6 Å². The Kier molecular flexibility index (Phi) is 8.40. The van der Waals surface area contributed by atoms with Crippen LogP contribution in [0.15, 0.2) is 42.6 Å². The minimum atomic E-state index is -4.84. The van der Waals surface area contributed by atoms with Crippen LogP contribution in [0.2, 0.25) is 0 Å². The lowest BCUT2D eigenvalue weighted by Crippen LogP contribution is -2.44. The van der Waals surface area contributed by atoms with Gasteiger partial charge in [0.25, 0.3) is 11.8 Å². The maximum absolute atomic E-state index is 14.3. The fraction of sp³-hybridized carbons (Fsp3) is 0.379. The summed E-state index contributed by atoms with van der Waals surface area (Å²) < 4.78 is 66.9. The number of carbonyl (C=O) groups excluding carboxylic acids is 2. The Balaban J connectivity index is 1.35. The van der Waals surface area contributed by atoms with Gasteiger partial charge in [-0.25, -0.2) is 9.37 Å². The van der Waals surface area contributed by atoms with Gasteiger partial charge < -0.3 is 29.9 Å². The van der Waals surface area contributed by atoms with E-state index in [4.69, 9.17) is 9.47 Å². The average Bonchev–Trinajstić information content (AvgIpc) is 3.25. The molecule has 1 saturated heterocycles. The number of anilines is 2. The largest absolute Gasteiger partial charge is 0.495 e. The number of carbonyl (C=O) groups is 2. The summed E-state index contributed by atoms with van der Waals surface area (Å²) in [5, 5.41) is 5.56. The predicted octanol–water partition coefficient (Wildman–Crippen LogP) is 4.65. The molecule has 1 fully saturated rings. The number of rotatable bonds is 8. The molecule has 3 heterocycles. The Hall–Kier alpha value is -4.46. The van der Waals surface area contributed by atoms with Gasteiger partial charge in [-0.2, -0.15) is 18.2 Å². The van der Waals surface area contributed by atoms with Gasteiger partial charge in [-0.3, -0.25) is 9.59 Å². The second-order valence-electron chi connectivity index (χ2n) is 10.5. The summed E-state index contributed by atoms with van der Waals surface area (Å²) in [5.74, 6) is -2.00. The molecule has 1 unspecified atom stereocenters. The van der Waals surface area contributed by atoms with E-state index in [1.165, 1.54) is 36.3 Å². The van der Waals surface area contributed by atoms with E-state index in [2.05, 4.69) is 20.6 Å². The molecule has 0 saturated carbocycles. The molecule has 2 aliphatic rings. The smallest absolute Gasteiger partial charge is 0.423 e. The lowest BCUT2D eigenvalue weighted by Gasteiger charge is -2.32. The van der Waals surface area contributed by atoms with Crippen LogP contribution in [0, 0.1) is 5.92 Å². The number of amides is 2. The van der Waals surface area contributed by atoms with Crippen molar-refractivity contribution in [3.8, 4) is 17.4 Å². The van der Waals surface area contributed by atoms with Crippen molar-refractivity contribution >= 4 is 23.5 Å². The highest BCUT2D eigenvalue weighted by Crippen LogP contribution is 2.40. The van der Waals surface area contributed by atoms with Crippen LogP contribution in [0.3, 0.4) is 0 Å². The number of halogens is 4. The van der Waals surface area contributed by atoms with Crippen LogP contribution in [0.1, 0.15) is 38.3 Å².